The molecule has 142 valence electrons. The van der Waals surface area contributed by atoms with Gasteiger partial charge in [0.05, 0.1) is 4.90 Å². The van der Waals surface area contributed by atoms with Gasteiger partial charge in [-0.25, -0.2) is 8.42 Å². The fraction of sp³-hybridized carbons (Fsp3) is 0.632. The van der Waals surface area contributed by atoms with E-state index in [1.54, 1.807) is 24.3 Å². The SMILES string of the molecule is CN1CCN(S(=O)(=O)c2cccc(NC(=O)C3CC4CCC3C4)c2)CC1. The summed E-state index contributed by atoms with van der Waals surface area (Å²) in [7, 11) is -1.52. The fourth-order valence-corrected chi connectivity index (χ4v) is 6.18. The van der Waals surface area contributed by atoms with Crippen molar-refractivity contribution in [3.8, 4) is 0 Å². The average molecular weight is 378 g/mol. The van der Waals surface area contributed by atoms with Gasteiger partial charge in [0.25, 0.3) is 0 Å². The summed E-state index contributed by atoms with van der Waals surface area (Å²) in [4.78, 5) is 15.0. The van der Waals surface area contributed by atoms with Crippen molar-refractivity contribution in [2.75, 3.05) is 38.5 Å². The molecule has 1 amide bonds. The molecule has 1 saturated heterocycles. The number of carbonyl (C=O) groups is 1. The second-order valence-corrected chi connectivity index (χ2v) is 9.94. The number of hydrogen-bond donors (Lipinski definition) is 1. The van der Waals surface area contributed by atoms with E-state index in [-0.39, 0.29) is 16.7 Å². The fourth-order valence-electron chi connectivity index (χ4n) is 4.71. The Bertz CT molecular complexity index is 787. The maximum atomic E-state index is 12.9. The van der Waals surface area contributed by atoms with Gasteiger partial charge in [0.1, 0.15) is 0 Å². The van der Waals surface area contributed by atoms with Crippen molar-refractivity contribution in [1.82, 2.24) is 9.21 Å². The standard InChI is InChI=1S/C19H27N3O3S/c1-21-7-9-22(10-8-21)26(24,25)17-4-2-3-16(13-17)20-19(23)18-12-14-5-6-15(18)11-14/h2-4,13-15,18H,5-12H2,1H3,(H,20,23). The molecule has 4 rings (SSSR count). The highest BCUT2D eigenvalue weighted by Crippen LogP contribution is 2.48. The molecule has 0 radical (unpaired) electrons. The van der Waals surface area contributed by atoms with Crippen LogP contribution in [-0.2, 0) is 14.8 Å². The topological polar surface area (TPSA) is 69.7 Å². The zero-order chi connectivity index (χ0) is 18.3. The summed E-state index contributed by atoms with van der Waals surface area (Å²) in [5.74, 6) is 1.36. The number of piperazine rings is 1. The summed E-state index contributed by atoms with van der Waals surface area (Å²) in [6, 6.07) is 6.69. The molecule has 1 aromatic rings. The Kier molecular flexibility index (Phi) is 4.79. The highest BCUT2D eigenvalue weighted by atomic mass is 32.2. The maximum Gasteiger partial charge on any atom is 0.243 e. The minimum Gasteiger partial charge on any atom is -0.326 e. The third-order valence-corrected chi connectivity index (χ3v) is 8.17. The largest absolute Gasteiger partial charge is 0.326 e. The van der Waals surface area contributed by atoms with Gasteiger partial charge in [-0.1, -0.05) is 12.5 Å². The smallest absolute Gasteiger partial charge is 0.243 e. The lowest BCUT2D eigenvalue weighted by atomic mass is 9.88. The monoisotopic (exact) mass is 377 g/mol. The van der Waals surface area contributed by atoms with Crippen LogP contribution in [0.25, 0.3) is 0 Å². The number of sulfonamides is 1. The molecule has 2 bridgehead atoms. The highest BCUT2D eigenvalue weighted by Gasteiger charge is 2.43. The Morgan fingerprint density at radius 2 is 1.88 bits per heavy atom. The summed E-state index contributed by atoms with van der Waals surface area (Å²) >= 11 is 0. The normalized spacial score (nSPS) is 29.8. The lowest BCUT2D eigenvalue weighted by molar-refractivity contribution is -0.121. The van der Waals surface area contributed by atoms with Gasteiger partial charge in [-0.15, -0.1) is 0 Å². The molecule has 0 aromatic heterocycles. The van der Waals surface area contributed by atoms with E-state index < -0.39 is 10.0 Å². The van der Waals surface area contributed by atoms with Crippen molar-refractivity contribution in [2.45, 2.75) is 30.6 Å². The summed E-state index contributed by atoms with van der Waals surface area (Å²) in [6.45, 7) is 2.47. The molecular formula is C19H27N3O3S. The van der Waals surface area contributed by atoms with Gasteiger partial charge >= 0.3 is 0 Å². The predicted molar refractivity (Wildman–Crippen MR) is 100 cm³/mol. The van der Waals surface area contributed by atoms with E-state index in [1.807, 2.05) is 7.05 Å². The van der Waals surface area contributed by atoms with E-state index in [4.69, 9.17) is 0 Å². The van der Waals surface area contributed by atoms with E-state index >= 15 is 0 Å². The number of rotatable bonds is 4. The Hall–Kier alpha value is -1.44. The van der Waals surface area contributed by atoms with Crippen LogP contribution in [0.4, 0.5) is 5.69 Å². The summed E-state index contributed by atoms with van der Waals surface area (Å²) in [5, 5.41) is 2.96. The average Bonchev–Trinajstić information content (AvgIpc) is 3.26. The van der Waals surface area contributed by atoms with Crippen molar-refractivity contribution >= 4 is 21.6 Å². The Balaban J connectivity index is 1.47. The zero-order valence-electron chi connectivity index (χ0n) is 15.2. The van der Waals surface area contributed by atoms with E-state index in [9.17, 15) is 13.2 Å². The van der Waals surface area contributed by atoms with Crippen LogP contribution in [0, 0.1) is 17.8 Å². The van der Waals surface area contributed by atoms with Crippen molar-refractivity contribution in [3.63, 3.8) is 0 Å². The number of nitrogens with zero attached hydrogens (tertiary/aromatic N) is 2. The van der Waals surface area contributed by atoms with Crippen molar-refractivity contribution < 1.29 is 13.2 Å². The number of benzene rings is 1. The van der Waals surface area contributed by atoms with Gasteiger partial charge in [-0.05, 0) is 56.3 Å². The van der Waals surface area contributed by atoms with Gasteiger partial charge in [0.2, 0.25) is 15.9 Å². The van der Waals surface area contributed by atoms with E-state index in [0.29, 0.717) is 30.6 Å². The van der Waals surface area contributed by atoms with Crippen LogP contribution in [0.15, 0.2) is 29.2 Å². The molecule has 3 aliphatic rings. The first-order valence-corrected chi connectivity index (χ1v) is 11.0. The van der Waals surface area contributed by atoms with Crippen LogP contribution < -0.4 is 5.32 Å². The molecule has 26 heavy (non-hydrogen) atoms. The zero-order valence-corrected chi connectivity index (χ0v) is 16.0. The number of amides is 1. The molecule has 1 aromatic carbocycles. The maximum absolute atomic E-state index is 12.9. The Labute approximate surface area is 155 Å². The molecule has 1 N–H and O–H groups in total. The lowest BCUT2D eigenvalue weighted by Crippen LogP contribution is -2.47. The second-order valence-electron chi connectivity index (χ2n) is 8.01. The van der Waals surface area contributed by atoms with Gasteiger partial charge in [0, 0.05) is 37.8 Å². The molecule has 2 saturated carbocycles. The first-order chi connectivity index (χ1) is 12.4. The quantitative estimate of drug-likeness (QED) is 0.871. The number of carbonyl (C=O) groups excluding carboxylic acids is 1. The molecule has 6 nitrogen and oxygen atoms in total. The molecule has 1 aliphatic heterocycles. The molecule has 1 heterocycles. The van der Waals surface area contributed by atoms with Gasteiger partial charge < -0.3 is 10.2 Å². The molecule has 3 fully saturated rings. The number of hydrogen-bond acceptors (Lipinski definition) is 4. The summed E-state index contributed by atoms with van der Waals surface area (Å²) in [5.41, 5.74) is 0.577. The first-order valence-electron chi connectivity index (χ1n) is 9.53. The summed E-state index contributed by atoms with van der Waals surface area (Å²) < 4.78 is 27.3. The predicted octanol–water partition coefficient (Wildman–Crippen LogP) is 2.00. The van der Waals surface area contributed by atoms with Crippen LogP contribution in [0.3, 0.4) is 0 Å². The third kappa shape index (κ3) is 3.40. The van der Waals surface area contributed by atoms with E-state index in [2.05, 4.69) is 10.2 Å². The molecule has 0 spiro atoms. The van der Waals surface area contributed by atoms with E-state index in [1.165, 1.54) is 17.1 Å². The van der Waals surface area contributed by atoms with Crippen molar-refractivity contribution in [1.29, 1.82) is 0 Å². The van der Waals surface area contributed by atoms with Gasteiger partial charge in [-0.2, -0.15) is 4.31 Å². The third-order valence-electron chi connectivity index (χ3n) is 6.28. The molecule has 3 atom stereocenters. The molecule has 2 aliphatic carbocycles. The van der Waals surface area contributed by atoms with E-state index in [0.717, 1.165) is 25.9 Å². The van der Waals surface area contributed by atoms with Crippen LogP contribution in [0.1, 0.15) is 25.7 Å². The molecule has 3 unspecified atom stereocenters. The minimum atomic E-state index is -3.52. The lowest BCUT2D eigenvalue weighted by Gasteiger charge is -2.31. The summed E-state index contributed by atoms with van der Waals surface area (Å²) in [6.07, 6.45) is 4.57. The van der Waals surface area contributed by atoms with Crippen molar-refractivity contribution in [3.05, 3.63) is 24.3 Å². The Morgan fingerprint density at radius 1 is 1.12 bits per heavy atom. The van der Waals surface area contributed by atoms with Crippen LogP contribution in [-0.4, -0.2) is 56.8 Å². The van der Waals surface area contributed by atoms with Crippen LogP contribution in [0.5, 0.6) is 0 Å². The number of anilines is 1. The second kappa shape index (κ2) is 6.94. The van der Waals surface area contributed by atoms with Gasteiger partial charge in [-0.3, -0.25) is 4.79 Å². The first kappa shape index (κ1) is 17.9. The Morgan fingerprint density at radius 3 is 2.54 bits per heavy atom. The van der Waals surface area contributed by atoms with Crippen LogP contribution in [0.2, 0.25) is 0 Å². The molecule has 7 heteroatoms. The van der Waals surface area contributed by atoms with Crippen molar-refractivity contribution in [2.24, 2.45) is 17.8 Å². The number of fused-ring (bicyclic) bond motifs is 2. The highest BCUT2D eigenvalue weighted by molar-refractivity contribution is 7.89. The van der Waals surface area contributed by atoms with Gasteiger partial charge in [0.15, 0.2) is 0 Å². The molecular weight excluding hydrogens is 350 g/mol. The number of nitrogens with one attached hydrogen (secondary N) is 1. The number of likely N-dealkylation sites (N-methyl/N-ethyl adjacent to an activating group) is 1. The van der Waals surface area contributed by atoms with Crippen LogP contribution >= 0.6 is 0 Å². The minimum absolute atomic E-state index is 0.0475.